The van der Waals surface area contributed by atoms with Gasteiger partial charge in [0.15, 0.2) is 0 Å². The molecule has 1 N–H and O–H groups in total. The van der Waals surface area contributed by atoms with E-state index in [-0.39, 0.29) is 18.5 Å². The minimum atomic E-state index is -0.601. The van der Waals surface area contributed by atoms with Crippen LogP contribution in [-0.2, 0) is 13.0 Å². The zero-order valence-corrected chi connectivity index (χ0v) is 14.5. The van der Waals surface area contributed by atoms with Gasteiger partial charge in [-0.2, -0.15) is 5.10 Å². The van der Waals surface area contributed by atoms with Gasteiger partial charge in [-0.25, -0.2) is 8.78 Å². The molecule has 0 radical (unpaired) electrons. The molecule has 4 rings (SSSR count). The van der Waals surface area contributed by atoms with Crippen LogP contribution in [0.1, 0.15) is 46.2 Å². The van der Waals surface area contributed by atoms with Crippen LogP contribution < -0.4 is 5.32 Å². The first-order valence-corrected chi connectivity index (χ1v) is 8.82. The highest BCUT2D eigenvalue weighted by atomic mass is 19.1. The summed E-state index contributed by atoms with van der Waals surface area (Å²) < 4.78 is 28.8. The molecule has 1 atom stereocenters. The lowest BCUT2D eigenvalue weighted by Gasteiger charge is -2.24. The standard InChI is InChI=1S/C20H18F2N4O/c21-14-8-7-13(16(22)10-14)12-26-19-6-3-5-17(15(19)11-24-26)25-20(27)18-4-1-2-9-23-18/h1-2,4,7-11,17H,3,5-6,12H2,(H,25,27). The fourth-order valence-corrected chi connectivity index (χ4v) is 3.45. The van der Waals surface area contributed by atoms with Crippen LogP contribution in [0.3, 0.4) is 0 Å². The molecule has 0 saturated carbocycles. The van der Waals surface area contributed by atoms with Gasteiger partial charge in [0, 0.05) is 29.1 Å². The summed E-state index contributed by atoms with van der Waals surface area (Å²) >= 11 is 0. The van der Waals surface area contributed by atoms with Gasteiger partial charge in [-0.05, 0) is 37.5 Å². The number of hydrogen-bond donors (Lipinski definition) is 1. The molecule has 0 bridgehead atoms. The van der Waals surface area contributed by atoms with Crippen molar-refractivity contribution in [1.82, 2.24) is 20.1 Å². The number of amides is 1. The number of pyridine rings is 1. The quantitative estimate of drug-likeness (QED) is 0.768. The van der Waals surface area contributed by atoms with Crippen molar-refractivity contribution in [3.63, 3.8) is 0 Å². The number of nitrogens with zero attached hydrogens (tertiary/aromatic N) is 3. The SMILES string of the molecule is O=C(NC1CCCc2c1cnn2Cc1ccc(F)cc1F)c1ccccn1. The largest absolute Gasteiger partial charge is 0.344 e. The van der Waals surface area contributed by atoms with E-state index in [0.717, 1.165) is 36.6 Å². The number of rotatable bonds is 4. The number of hydrogen-bond acceptors (Lipinski definition) is 3. The molecular formula is C20H18F2N4O. The molecule has 0 aliphatic heterocycles. The van der Waals surface area contributed by atoms with Gasteiger partial charge >= 0.3 is 0 Å². The molecule has 1 aliphatic rings. The van der Waals surface area contributed by atoms with E-state index in [1.54, 1.807) is 35.3 Å². The molecule has 2 heterocycles. The molecular weight excluding hydrogens is 350 g/mol. The molecule has 1 aromatic carbocycles. The van der Waals surface area contributed by atoms with Crippen LogP contribution in [0, 0.1) is 11.6 Å². The van der Waals surface area contributed by atoms with Crippen molar-refractivity contribution < 1.29 is 13.6 Å². The first-order chi connectivity index (χ1) is 13.1. The summed E-state index contributed by atoms with van der Waals surface area (Å²) in [5.41, 5.74) is 2.65. The van der Waals surface area contributed by atoms with Crippen molar-refractivity contribution in [1.29, 1.82) is 0 Å². The highest BCUT2D eigenvalue weighted by molar-refractivity contribution is 5.92. The van der Waals surface area contributed by atoms with Gasteiger partial charge in [0.1, 0.15) is 17.3 Å². The predicted molar refractivity (Wildman–Crippen MR) is 95.1 cm³/mol. The van der Waals surface area contributed by atoms with E-state index in [1.165, 1.54) is 12.1 Å². The van der Waals surface area contributed by atoms with Crippen molar-refractivity contribution in [3.05, 3.63) is 82.9 Å². The molecule has 0 fully saturated rings. The summed E-state index contributed by atoms with van der Waals surface area (Å²) in [5, 5.41) is 7.39. The van der Waals surface area contributed by atoms with Gasteiger partial charge < -0.3 is 5.32 Å². The maximum atomic E-state index is 14.0. The Morgan fingerprint density at radius 1 is 1.26 bits per heavy atom. The lowest BCUT2D eigenvalue weighted by atomic mass is 9.92. The van der Waals surface area contributed by atoms with E-state index in [1.807, 2.05) is 0 Å². The average Bonchev–Trinajstić information content (AvgIpc) is 3.09. The predicted octanol–water partition coefficient (Wildman–Crippen LogP) is 3.41. The van der Waals surface area contributed by atoms with Gasteiger partial charge in [0.25, 0.3) is 5.91 Å². The van der Waals surface area contributed by atoms with Gasteiger partial charge in [-0.15, -0.1) is 0 Å². The summed E-state index contributed by atoms with van der Waals surface area (Å²) in [4.78, 5) is 16.5. The maximum Gasteiger partial charge on any atom is 0.270 e. The Labute approximate surface area is 155 Å². The molecule has 27 heavy (non-hydrogen) atoms. The van der Waals surface area contributed by atoms with E-state index < -0.39 is 11.6 Å². The molecule has 138 valence electrons. The lowest BCUT2D eigenvalue weighted by Crippen LogP contribution is -2.31. The van der Waals surface area contributed by atoms with Crippen molar-refractivity contribution in [2.75, 3.05) is 0 Å². The Bertz CT molecular complexity index is 971. The molecule has 1 aliphatic carbocycles. The van der Waals surface area contributed by atoms with E-state index in [4.69, 9.17) is 0 Å². The Morgan fingerprint density at radius 3 is 2.93 bits per heavy atom. The highest BCUT2D eigenvalue weighted by Gasteiger charge is 2.26. The van der Waals surface area contributed by atoms with Gasteiger partial charge in [-0.3, -0.25) is 14.5 Å². The lowest BCUT2D eigenvalue weighted by molar-refractivity contribution is 0.0927. The summed E-state index contributed by atoms with van der Waals surface area (Å²) in [6.07, 6.45) is 5.80. The Kier molecular flexibility index (Phi) is 4.66. The Balaban J connectivity index is 1.55. The van der Waals surface area contributed by atoms with E-state index in [0.29, 0.717) is 11.3 Å². The van der Waals surface area contributed by atoms with Crippen LogP contribution in [0.15, 0.2) is 48.8 Å². The van der Waals surface area contributed by atoms with Crippen molar-refractivity contribution >= 4 is 5.91 Å². The molecule has 0 spiro atoms. The Morgan fingerprint density at radius 2 is 2.15 bits per heavy atom. The number of fused-ring (bicyclic) bond motifs is 1. The van der Waals surface area contributed by atoms with Gasteiger partial charge in [0.2, 0.25) is 0 Å². The molecule has 5 nitrogen and oxygen atoms in total. The fourth-order valence-electron chi connectivity index (χ4n) is 3.45. The molecule has 1 amide bonds. The van der Waals surface area contributed by atoms with Crippen molar-refractivity contribution in [3.8, 4) is 0 Å². The minimum absolute atomic E-state index is 0.157. The second-order valence-electron chi connectivity index (χ2n) is 6.57. The third kappa shape index (κ3) is 3.58. The van der Waals surface area contributed by atoms with Crippen LogP contribution in [0.4, 0.5) is 8.78 Å². The third-order valence-electron chi connectivity index (χ3n) is 4.80. The zero-order valence-electron chi connectivity index (χ0n) is 14.5. The molecule has 1 unspecified atom stereocenters. The second kappa shape index (κ2) is 7.26. The van der Waals surface area contributed by atoms with Crippen LogP contribution in [-0.4, -0.2) is 20.7 Å². The number of carbonyl (C=O) groups is 1. The molecule has 7 heteroatoms. The first kappa shape index (κ1) is 17.3. The van der Waals surface area contributed by atoms with Crippen LogP contribution in [0.25, 0.3) is 0 Å². The van der Waals surface area contributed by atoms with E-state index in [2.05, 4.69) is 15.4 Å². The fraction of sp³-hybridized carbons (Fsp3) is 0.250. The van der Waals surface area contributed by atoms with Crippen LogP contribution >= 0.6 is 0 Å². The van der Waals surface area contributed by atoms with Gasteiger partial charge in [0.05, 0.1) is 18.8 Å². The van der Waals surface area contributed by atoms with Crippen molar-refractivity contribution in [2.45, 2.75) is 31.8 Å². The summed E-state index contributed by atoms with van der Waals surface area (Å²) in [7, 11) is 0. The van der Waals surface area contributed by atoms with E-state index >= 15 is 0 Å². The summed E-state index contributed by atoms with van der Waals surface area (Å²) in [6.45, 7) is 0.225. The number of aromatic nitrogens is 3. The molecule has 0 saturated heterocycles. The minimum Gasteiger partial charge on any atom is -0.344 e. The second-order valence-corrected chi connectivity index (χ2v) is 6.57. The summed E-state index contributed by atoms with van der Waals surface area (Å²) in [5.74, 6) is -1.42. The maximum absolute atomic E-state index is 14.0. The Hall–Kier alpha value is -3.09. The van der Waals surface area contributed by atoms with Gasteiger partial charge in [-0.1, -0.05) is 12.1 Å². The summed E-state index contributed by atoms with van der Waals surface area (Å²) in [6, 6.07) is 8.58. The van der Waals surface area contributed by atoms with Crippen LogP contribution in [0.2, 0.25) is 0 Å². The van der Waals surface area contributed by atoms with E-state index in [9.17, 15) is 13.6 Å². The highest BCUT2D eigenvalue weighted by Crippen LogP contribution is 2.30. The zero-order chi connectivity index (χ0) is 18.8. The number of nitrogens with one attached hydrogen (secondary N) is 1. The smallest absolute Gasteiger partial charge is 0.270 e. The first-order valence-electron chi connectivity index (χ1n) is 8.82. The monoisotopic (exact) mass is 368 g/mol. The normalized spacial score (nSPS) is 16.0. The average molecular weight is 368 g/mol. The molecule has 2 aromatic heterocycles. The number of carbonyl (C=O) groups excluding carboxylic acids is 1. The van der Waals surface area contributed by atoms with Crippen molar-refractivity contribution in [2.24, 2.45) is 0 Å². The van der Waals surface area contributed by atoms with Crippen LogP contribution in [0.5, 0.6) is 0 Å². The topological polar surface area (TPSA) is 59.8 Å². The number of benzene rings is 1. The molecule has 3 aromatic rings. The number of halogens is 2. The third-order valence-corrected chi connectivity index (χ3v) is 4.80.